The molecule has 0 unspecified atom stereocenters. The van der Waals surface area contributed by atoms with Crippen molar-refractivity contribution in [3.05, 3.63) is 89.0 Å². The van der Waals surface area contributed by atoms with Crippen LogP contribution in [-0.2, 0) is 4.79 Å². The topological polar surface area (TPSA) is 68.2 Å². The third-order valence-corrected chi connectivity index (χ3v) is 6.95. The van der Waals surface area contributed by atoms with E-state index in [0.717, 1.165) is 63.6 Å². The maximum atomic E-state index is 13.9. The van der Waals surface area contributed by atoms with Gasteiger partial charge in [0.15, 0.2) is 0 Å². The minimum Gasteiger partial charge on any atom is -0.494 e. The van der Waals surface area contributed by atoms with Gasteiger partial charge in [0.2, 0.25) is 5.95 Å². The Morgan fingerprint density at radius 2 is 1.81 bits per heavy atom. The second-order valence-electron chi connectivity index (χ2n) is 9.73. The normalized spacial score (nSPS) is 14.9. The number of anilines is 2. The van der Waals surface area contributed by atoms with E-state index in [1.165, 1.54) is 6.42 Å². The predicted octanol–water partition coefficient (Wildman–Crippen LogP) is 7.26. The highest BCUT2D eigenvalue weighted by Gasteiger charge is 2.33. The van der Waals surface area contributed by atoms with Crippen LogP contribution in [0, 0.1) is 13.8 Å². The number of hydrogen-bond acceptors (Lipinski definition) is 4. The number of hydrogen-bond donors (Lipinski definition) is 2. The molecule has 3 aromatic carbocycles. The lowest BCUT2D eigenvalue weighted by Crippen LogP contribution is -2.30. The summed E-state index contributed by atoms with van der Waals surface area (Å²) in [5, 5.41) is 6.71. The number of nitrogens with zero attached hydrogens (tertiary/aromatic N) is 2. The molecule has 0 fully saturated rings. The largest absolute Gasteiger partial charge is 0.494 e. The van der Waals surface area contributed by atoms with Gasteiger partial charge in [-0.3, -0.25) is 9.36 Å². The number of para-hydroxylation sites is 2. The van der Waals surface area contributed by atoms with Crippen molar-refractivity contribution < 1.29 is 9.53 Å². The van der Waals surface area contributed by atoms with E-state index in [1.807, 2.05) is 79.1 Å². The second kappa shape index (κ2) is 10.5. The van der Waals surface area contributed by atoms with Crippen molar-refractivity contribution in [2.45, 2.75) is 53.0 Å². The van der Waals surface area contributed by atoms with E-state index in [2.05, 4.69) is 30.5 Å². The third-order valence-electron chi connectivity index (χ3n) is 6.95. The molecule has 0 radical (unpaired) electrons. The maximum Gasteiger partial charge on any atom is 0.255 e. The molecule has 0 spiro atoms. The van der Waals surface area contributed by atoms with Crippen molar-refractivity contribution in [3.63, 3.8) is 0 Å². The lowest BCUT2D eigenvalue weighted by Gasteiger charge is -2.30. The Hall–Kier alpha value is -4.06. The SMILES string of the molecule is CCCCCOc1ccc([C@@H]2Nc3nc4ccccc4n3C(C)=C2C(=O)Nc2ccc(C)cc2C)cc1. The number of rotatable bonds is 8. The molecule has 190 valence electrons. The number of unbranched alkanes of at least 4 members (excludes halogenated alkanes) is 2. The number of nitrogens with one attached hydrogen (secondary N) is 2. The summed E-state index contributed by atoms with van der Waals surface area (Å²) in [6.07, 6.45) is 3.37. The van der Waals surface area contributed by atoms with Crippen molar-refractivity contribution in [3.8, 4) is 5.75 Å². The van der Waals surface area contributed by atoms with Gasteiger partial charge in [-0.15, -0.1) is 0 Å². The van der Waals surface area contributed by atoms with Crippen molar-refractivity contribution in [1.29, 1.82) is 0 Å². The number of imidazole rings is 1. The molecular formula is C31H34N4O2. The first-order valence-corrected chi connectivity index (χ1v) is 13.0. The summed E-state index contributed by atoms with van der Waals surface area (Å²) in [6.45, 7) is 8.95. The number of amides is 1. The first-order chi connectivity index (χ1) is 18.0. The van der Waals surface area contributed by atoms with Gasteiger partial charge in [-0.25, -0.2) is 4.98 Å². The number of benzene rings is 3. The van der Waals surface area contributed by atoms with Gasteiger partial charge in [0, 0.05) is 11.4 Å². The molecular weight excluding hydrogens is 460 g/mol. The van der Waals surface area contributed by atoms with E-state index in [0.29, 0.717) is 12.2 Å². The van der Waals surface area contributed by atoms with Crippen molar-refractivity contribution in [2.75, 3.05) is 17.2 Å². The standard InChI is InChI=1S/C31H34N4O2/c1-5-6-9-18-37-24-15-13-23(14-16-24)29-28(30(36)32-25-17-12-20(2)19-21(25)3)22(4)35-27-11-8-7-10-26(27)33-31(35)34-29/h7-8,10-17,19,29H,5-6,9,18H2,1-4H3,(H,32,36)(H,33,34)/t29-/m0/s1. The molecule has 1 aliphatic rings. The number of ether oxygens (including phenoxy) is 1. The number of carbonyl (C=O) groups is 1. The lowest BCUT2D eigenvalue weighted by atomic mass is 9.94. The van der Waals surface area contributed by atoms with Crippen LogP contribution in [0.1, 0.15) is 55.8 Å². The zero-order valence-electron chi connectivity index (χ0n) is 22.0. The summed E-state index contributed by atoms with van der Waals surface area (Å²) in [5.74, 6) is 1.43. The van der Waals surface area contributed by atoms with Gasteiger partial charge in [-0.05, 0) is 68.7 Å². The molecule has 1 atom stereocenters. The fourth-order valence-electron chi connectivity index (χ4n) is 4.98. The lowest BCUT2D eigenvalue weighted by molar-refractivity contribution is -0.113. The molecule has 0 saturated heterocycles. The van der Waals surface area contributed by atoms with Crippen LogP contribution in [-0.4, -0.2) is 22.1 Å². The van der Waals surface area contributed by atoms with E-state index >= 15 is 0 Å². The van der Waals surface area contributed by atoms with E-state index in [4.69, 9.17) is 9.72 Å². The Bertz CT molecular complexity index is 1470. The summed E-state index contributed by atoms with van der Waals surface area (Å²) in [7, 11) is 0. The average molecular weight is 495 g/mol. The fourth-order valence-corrected chi connectivity index (χ4v) is 4.98. The minimum absolute atomic E-state index is 0.134. The van der Waals surface area contributed by atoms with Crippen LogP contribution in [0.15, 0.2) is 72.3 Å². The molecule has 2 heterocycles. The average Bonchev–Trinajstić information content (AvgIpc) is 3.27. The molecule has 0 aliphatic carbocycles. The van der Waals surface area contributed by atoms with Crippen LogP contribution < -0.4 is 15.4 Å². The number of allylic oxidation sites excluding steroid dienone is 1. The number of aromatic nitrogens is 2. The summed E-state index contributed by atoms with van der Waals surface area (Å²) in [4.78, 5) is 18.7. The van der Waals surface area contributed by atoms with Crippen LogP contribution in [0.3, 0.4) is 0 Å². The fraction of sp³-hybridized carbons (Fsp3) is 0.290. The van der Waals surface area contributed by atoms with Crippen LogP contribution in [0.4, 0.5) is 11.6 Å². The van der Waals surface area contributed by atoms with Gasteiger partial charge in [-0.1, -0.05) is 61.7 Å². The molecule has 37 heavy (non-hydrogen) atoms. The van der Waals surface area contributed by atoms with Crippen molar-refractivity contribution >= 4 is 34.3 Å². The first kappa shape index (κ1) is 24.6. The zero-order valence-corrected chi connectivity index (χ0v) is 22.0. The summed E-state index contributed by atoms with van der Waals surface area (Å²) >= 11 is 0. The van der Waals surface area contributed by atoms with Crippen LogP contribution in [0.5, 0.6) is 5.75 Å². The van der Waals surface area contributed by atoms with E-state index in [1.54, 1.807) is 0 Å². The Morgan fingerprint density at radius 1 is 1.03 bits per heavy atom. The molecule has 2 N–H and O–H groups in total. The molecule has 0 saturated carbocycles. The van der Waals surface area contributed by atoms with Gasteiger partial charge < -0.3 is 15.4 Å². The number of carbonyl (C=O) groups excluding carboxylic acids is 1. The molecule has 0 bridgehead atoms. The highest BCUT2D eigenvalue weighted by atomic mass is 16.5. The van der Waals surface area contributed by atoms with Gasteiger partial charge in [0.05, 0.1) is 29.3 Å². The zero-order chi connectivity index (χ0) is 25.9. The number of aryl methyl sites for hydroxylation is 2. The summed E-state index contributed by atoms with van der Waals surface area (Å²) in [5.41, 5.74) is 7.35. The predicted molar refractivity (Wildman–Crippen MR) is 151 cm³/mol. The monoisotopic (exact) mass is 494 g/mol. The highest BCUT2D eigenvalue weighted by Crippen LogP contribution is 2.39. The van der Waals surface area contributed by atoms with E-state index in [-0.39, 0.29) is 11.9 Å². The van der Waals surface area contributed by atoms with Gasteiger partial charge in [-0.2, -0.15) is 0 Å². The third kappa shape index (κ3) is 4.96. The quantitative estimate of drug-likeness (QED) is 0.253. The Labute approximate surface area is 218 Å². The Balaban J connectivity index is 1.52. The van der Waals surface area contributed by atoms with E-state index in [9.17, 15) is 4.79 Å². The maximum absolute atomic E-state index is 13.9. The molecule has 5 rings (SSSR count). The minimum atomic E-state index is -0.357. The number of fused-ring (bicyclic) bond motifs is 3. The molecule has 1 amide bonds. The molecule has 4 aromatic rings. The highest BCUT2D eigenvalue weighted by molar-refractivity contribution is 6.10. The van der Waals surface area contributed by atoms with Crippen LogP contribution in [0.25, 0.3) is 16.7 Å². The molecule has 1 aromatic heterocycles. The van der Waals surface area contributed by atoms with Gasteiger partial charge in [0.25, 0.3) is 5.91 Å². The Kier molecular flexibility index (Phi) is 6.99. The van der Waals surface area contributed by atoms with Crippen molar-refractivity contribution in [1.82, 2.24) is 9.55 Å². The van der Waals surface area contributed by atoms with Crippen molar-refractivity contribution in [2.24, 2.45) is 0 Å². The summed E-state index contributed by atoms with van der Waals surface area (Å²) in [6, 6.07) is 21.7. The summed E-state index contributed by atoms with van der Waals surface area (Å²) < 4.78 is 7.95. The van der Waals surface area contributed by atoms with Crippen LogP contribution in [0.2, 0.25) is 0 Å². The van der Waals surface area contributed by atoms with Crippen LogP contribution >= 0.6 is 0 Å². The first-order valence-electron chi connectivity index (χ1n) is 13.0. The smallest absolute Gasteiger partial charge is 0.255 e. The van der Waals surface area contributed by atoms with E-state index < -0.39 is 0 Å². The molecule has 6 heteroatoms. The molecule has 6 nitrogen and oxygen atoms in total. The Morgan fingerprint density at radius 3 is 2.57 bits per heavy atom. The second-order valence-corrected chi connectivity index (χ2v) is 9.73. The van der Waals surface area contributed by atoms with Gasteiger partial charge >= 0.3 is 0 Å². The molecule has 1 aliphatic heterocycles. The van der Waals surface area contributed by atoms with Gasteiger partial charge in [0.1, 0.15) is 5.75 Å².